The van der Waals surface area contributed by atoms with Crippen LogP contribution in [0, 0.1) is 0 Å². The summed E-state index contributed by atoms with van der Waals surface area (Å²) in [6, 6.07) is 10.6. The average Bonchev–Trinajstić information content (AvgIpc) is 2.50. The summed E-state index contributed by atoms with van der Waals surface area (Å²) in [6.45, 7) is -0.154. The Morgan fingerprint density at radius 1 is 1.04 bits per heavy atom. The van der Waals surface area contributed by atoms with E-state index in [0.29, 0.717) is 0 Å². The number of anilines is 1. The summed E-state index contributed by atoms with van der Waals surface area (Å²) in [5.74, 6) is -0.163. The number of benzene rings is 2. The summed E-state index contributed by atoms with van der Waals surface area (Å²) in [4.78, 5) is 0.199. The van der Waals surface area contributed by atoms with Crippen LogP contribution in [-0.2, 0) is 20.7 Å². The van der Waals surface area contributed by atoms with E-state index in [2.05, 4.69) is 4.72 Å². The summed E-state index contributed by atoms with van der Waals surface area (Å²) in [5, 5.41) is 0.137. The van der Waals surface area contributed by atoms with E-state index in [1.165, 1.54) is 24.3 Å². The van der Waals surface area contributed by atoms with Crippen molar-refractivity contribution in [1.82, 2.24) is 0 Å². The largest absolute Gasteiger partial charge is 0.489 e. The molecule has 0 spiro atoms. The van der Waals surface area contributed by atoms with Gasteiger partial charge in [-0.3, -0.25) is 4.72 Å². The third-order valence-electron chi connectivity index (χ3n) is 2.92. The number of hydrogen-bond donors (Lipinski definition) is 2. The smallest absolute Gasteiger partial charge is 0.222 e. The van der Waals surface area contributed by atoms with Crippen molar-refractivity contribution in [2.45, 2.75) is 4.90 Å². The Bertz CT molecular complexity index is 868. The van der Waals surface area contributed by atoms with Gasteiger partial charge in [-0.1, -0.05) is 41.4 Å². The lowest BCUT2D eigenvalue weighted by atomic mass is 10.3. The summed E-state index contributed by atoms with van der Waals surface area (Å²) in [6.07, 6.45) is 0. The Morgan fingerprint density at radius 2 is 1.62 bits per heavy atom. The monoisotopic (exact) mass is 409 g/mol. The summed E-state index contributed by atoms with van der Waals surface area (Å²) in [7, 11) is -6.33. The predicted molar refractivity (Wildman–Crippen MR) is 94.4 cm³/mol. The van der Waals surface area contributed by atoms with Crippen molar-refractivity contribution in [2.24, 2.45) is 0 Å². The third kappa shape index (κ3) is 5.01. The van der Waals surface area contributed by atoms with Crippen LogP contribution in [0.15, 0.2) is 47.4 Å². The molecular formula is C14H13Cl2NO5S2. The van der Waals surface area contributed by atoms with Gasteiger partial charge >= 0.3 is 0 Å². The molecule has 130 valence electrons. The number of sulfone groups is 1. The van der Waals surface area contributed by atoms with Gasteiger partial charge in [0.25, 0.3) is 0 Å². The first-order valence-electron chi connectivity index (χ1n) is 6.60. The normalized spacial score (nSPS) is 11.5. The lowest BCUT2D eigenvalue weighted by Gasteiger charge is -2.12. The van der Waals surface area contributed by atoms with Gasteiger partial charge in [0.2, 0.25) is 10.9 Å². The van der Waals surface area contributed by atoms with Crippen LogP contribution >= 0.6 is 23.2 Å². The fraction of sp³-hybridized carbons (Fsp3) is 0.143. The van der Waals surface area contributed by atoms with Crippen LogP contribution in [0.1, 0.15) is 0 Å². The maximum atomic E-state index is 12.1. The van der Waals surface area contributed by atoms with E-state index in [4.69, 9.17) is 27.9 Å². The van der Waals surface area contributed by atoms with E-state index in [9.17, 15) is 16.8 Å². The number of hydrogen-bond acceptors (Lipinski definition) is 5. The maximum Gasteiger partial charge on any atom is 0.222 e. The molecule has 0 aliphatic rings. The topological polar surface area (TPSA) is 89.5 Å². The number of ether oxygens (including phenoxy) is 1. The van der Waals surface area contributed by atoms with Gasteiger partial charge in [0, 0.05) is 0 Å². The standard InChI is InChI=1S/C14H13Cl2NO5S2/c15-12-8-10(17-23(18)19)9-13(16)14(12)22-6-7-24(20,21)11-4-2-1-3-5-11/h1-5,8-9,23H,6-7H2,(H,17,18,19). The summed E-state index contributed by atoms with van der Waals surface area (Å²) >= 11 is 12.0. The number of nitrogens with one attached hydrogen (secondary N) is 1. The minimum absolute atomic E-state index is 0.0685. The zero-order valence-electron chi connectivity index (χ0n) is 12.1. The van der Waals surface area contributed by atoms with Crippen LogP contribution in [0.4, 0.5) is 5.69 Å². The van der Waals surface area contributed by atoms with Crippen LogP contribution in [0.2, 0.25) is 10.0 Å². The van der Waals surface area contributed by atoms with E-state index >= 15 is 0 Å². The van der Waals surface area contributed by atoms with Crippen LogP contribution in [0.3, 0.4) is 0 Å². The molecule has 0 fully saturated rings. The Hall–Kier alpha value is -1.48. The predicted octanol–water partition coefficient (Wildman–Crippen LogP) is 2.78. The highest BCUT2D eigenvalue weighted by Crippen LogP contribution is 2.36. The van der Waals surface area contributed by atoms with Crippen molar-refractivity contribution in [3.63, 3.8) is 0 Å². The quantitative estimate of drug-likeness (QED) is 0.686. The fourth-order valence-electron chi connectivity index (χ4n) is 1.87. The van der Waals surface area contributed by atoms with Crippen LogP contribution in [0.5, 0.6) is 5.75 Å². The van der Waals surface area contributed by atoms with Gasteiger partial charge in [-0.25, -0.2) is 16.8 Å². The third-order valence-corrected chi connectivity index (χ3v) is 5.62. The molecule has 6 nitrogen and oxygen atoms in total. The molecule has 0 aromatic heterocycles. The van der Waals surface area contributed by atoms with Gasteiger partial charge < -0.3 is 4.74 Å². The highest BCUT2D eigenvalue weighted by molar-refractivity contribution is 7.91. The van der Waals surface area contributed by atoms with Gasteiger partial charge in [-0.2, -0.15) is 0 Å². The Morgan fingerprint density at radius 3 is 2.17 bits per heavy atom. The molecule has 24 heavy (non-hydrogen) atoms. The van der Waals surface area contributed by atoms with Crippen molar-refractivity contribution < 1.29 is 21.6 Å². The second-order valence-electron chi connectivity index (χ2n) is 4.62. The van der Waals surface area contributed by atoms with Crippen molar-refractivity contribution in [3.05, 3.63) is 52.5 Å². The van der Waals surface area contributed by atoms with E-state index in [1.54, 1.807) is 18.2 Å². The van der Waals surface area contributed by atoms with E-state index in [0.717, 1.165) is 0 Å². The van der Waals surface area contributed by atoms with E-state index < -0.39 is 20.7 Å². The van der Waals surface area contributed by atoms with Gasteiger partial charge in [0.1, 0.15) is 6.61 Å². The van der Waals surface area contributed by atoms with Crippen molar-refractivity contribution in [2.75, 3.05) is 17.1 Å². The van der Waals surface area contributed by atoms with Gasteiger partial charge in [0.15, 0.2) is 15.6 Å². The van der Waals surface area contributed by atoms with E-state index in [1.807, 2.05) is 0 Å². The highest BCUT2D eigenvalue weighted by Gasteiger charge is 2.16. The summed E-state index contributed by atoms with van der Waals surface area (Å²) < 4.78 is 53.1. The molecule has 0 bridgehead atoms. The Kier molecular flexibility index (Phi) is 6.34. The van der Waals surface area contributed by atoms with Gasteiger partial charge in [-0.15, -0.1) is 0 Å². The summed E-state index contributed by atoms with van der Waals surface area (Å²) in [5.41, 5.74) is 0.186. The molecule has 0 saturated carbocycles. The van der Waals surface area contributed by atoms with Crippen molar-refractivity contribution >= 4 is 49.6 Å². The SMILES string of the molecule is O=[SH](=O)Nc1cc(Cl)c(OCCS(=O)(=O)c2ccccc2)c(Cl)c1. The highest BCUT2D eigenvalue weighted by atomic mass is 35.5. The Labute approximate surface area is 151 Å². The van der Waals surface area contributed by atoms with Gasteiger partial charge in [-0.05, 0) is 24.3 Å². The molecular weight excluding hydrogens is 397 g/mol. The zero-order chi connectivity index (χ0) is 17.7. The molecule has 0 heterocycles. The molecule has 0 unspecified atom stereocenters. The van der Waals surface area contributed by atoms with Crippen molar-refractivity contribution in [3.8, 4) is 5.75 Å². The van der Waals surface area contributed by atoms with Crippen LogP contribution in [0.25, 0.3) is 0 Å². The first-order valence-corrected chi connectivity index (χ1v) is 10.2. The van der Waals surface area contributed by atoms with Crippen molar-refractivity contribution in [1.29, 1.82) is 0 Å². The number of halogens is 2. The molecule has 2 aromatic rings. The first kappa shape index (κ1) is 18.9. The zero-order valence-corrected chi connectivity index (χ0v) is 15.3. The molecule has 2 rings (SSSR count). The molecule has 0 atom stereocenters. The second-order valence-corrected chi connectivity index (χ2v) is 8.28. The maximum absolute atomic E-state index is 12.1. The molecule has 10 heteroatoms. The number of thiol groups is 1. The van der Waals surface area contributed by atoms with Crippen LogP contribution in [-0.4, -0.2) is 29.2 Å². The van der Waals surface area contributed by atoms with Crippen LogP contribution < -0.4 is 9.46 Å². The lowest BCUT2D eigenvalue weighted by molar-refractivity contribution is 0.341. The molecule has 2 aromatic carbocycles. The molecule has 0 aliphatic carbocycles. The molecule has 0 aliphatic heterocycles. The first-order chi connectivity index (χ1) is 11.3. The molecule has 0 radical (unpaired) electrons. The van der Waals surface area contributed by atoms with Gasteiger partial charge in [0.05, 0.1) is 26.4 Å². The molecule has 1 N–H and O–H groups in total. The second kappa shape index (κ2) is 8.06. The molecule has 0 saturated heterocycles. The minimum Gasteiger partial charge on any atom is -0.489 e. The molecule has 0 amide bonds. The number of rotatable bonds is 7. The average molecular weight is 410 g/mol. The minimum atomic E-state index is -3.48. The lowest BCUT2D eigenvalue weighted by Crippen LogP contribution is -2.14. The Balaban J connectivity index is 2.07. The fourth-order valence-corrected chi connectivity index (χ4v) is 3.91. The van der Waals surface area contributed by atoms with E-state index in [-0.39, 0.29) is 38.7 Å².